The van der Waals surface area contributed by atoms with Crippen molar-refractivity contribution in [2.45, 2.75) is 59.8 Å². The van der Waals surface area contributed by atoms with Crippen molar-refractivity contribution in [2.75, 3.05) is 52.4 Å². The van der Waals surface area contributed by atoms with Crippen LogP contribution >= 0.6 is 0 Å². The van der Waals surface area contributed by atoms with Crippen molar-refractivity contribution in [1.29, 1.82) is 0 Å². The molecule has 0 aliphatic rings. The molecule has 0 saturated heterocycles. The van der Waals surface area contributed by atoms with E-state index < -0.39 is 0 Å². The van der Waals surface area contributed by atoms with Crippen LogP contribution in [0.5, 0.6) is 0 Å². The lowest BCUT2D eigenvalue weighted by Gasteiger charge is -2.23. The third-order valence-corrected chi connectivity index (χ3v) is 4.10. The maximum atomic E-state index is 3.58. The highest BCUT2D eigenvalue weighted by molar-refractivity contribution is 4.61. The lowest BCUT2D eigenvalue weighted by Crippen LogP contribution is -2.35. The smallest absolute Gasteiger partial charge is 0.0107 e. The molecular weight excluding hydrogens is 246 g/mol. The van der Waals surface area contributed by atoms with Gasteiger partial charge in [0.2, 0.25) is 0 Å². The summed E-state index contributed by atoms with van der Waals surface area (Å²) >= 11 is 0. The van der Waals surface area contributed by atoms with Gasteiger partial charge in [-0.1, -0.05) is 47.0 Å². The van der Waals surface area contributed by atoms with Gasteiger partial charge in [-0.2, -0.15) is 0 Å². The Hall–Kier alpha value is -0.120. The lowest BCUT2D eigenvalue weighted by atomic mass is 10.2. The fourth-order valence-electron chi connectivity index (χ4n) is 2.52. The summed E-state index contributed by atoms with van der Waals surface area (Å²) in [6, 6.07) is 0. The van der Waals surface area contributed by atoms with Crippen LogP contribution in [0.15, 0.2) is 0 Å². The Morgan fingerprint density at radius 3 is 1.85 bits per heavy atom. The number of hydrogen-bond donors (Lipinski definition) is 1. The predicted molar refractivity (Wildman–Crippen MR) is 91.5 cm³/mol. The topological polar surface area (TPSA) is 18.5 Å². The highest BCUT2D eigenvalue weighted by atomic mass is 15.1. The van der Waals surface area contributed by atoms with Gasteiger partial charge in [0.25, 0.3) is 0 Å². The number of nitrogens with zero attached hydrogens (tertiary/aromatic N) is 2. The highest BCUT2D eigenvalue weighted by Crippen LogP contribution is 1.97. The third kappa shape index (κ3) is 11.7. The summed E-state index contributed by atoms with van der Waals surface area (Å²) in [4.78, 5) is 5.09. The van der Waals surface area contributed by atoms with Gasteiger partial charge in [-0.05, 0) is 52.1 Å². The number of unbranched alkanes of at least 4 members (excludes halogenated alkanes) is 3. The van der Waals surface area contributed by atoms with Gasteiger partial charge in [-0.15, -0.1) is 0 Å². The van der Waals surface area contributed by atoms with E-state index in [1.54, 1.807) is 0 Å². The molecule has 0 aromatic heterocycles. The molecule has 0 rings (SSSR count). The Labute approximate surface area is 128 Å². The average molecular weight is 286 g/mol. The number of hydrogen-bond acceptors (Lipinski definition) is 3. The highest BCUT2D eigenvalue weighted by Gasteiger charge is 2.03. The molecule has 20 heavy (non-hydrogen) atoms. The van der Waals surface area contributed by atoms with Crippen molar-refractivity contribution in [3.63, 3.8) is 0 Å². The average Bonchev–Trinajstić information content (AvgIpc) is 2.48. The Balaban J connectivity index is 3.47. The molecule has 0 atom stereocenters. The monoisotopic (exact) mass is 285 g/mol. The number of nitrogens with one attached hydrogen (secondary N) is 1. The first kappa shape index (κ1) is 19.9. The summed E-state index contributed by atoms with van der Waals surface area (Å²) in [7, 11) is 0. The van der Waals surface area contributed by atoms with Crippen molar-refractivity contribution < 1.29 is 0 Å². The first-order valence-corrected chi connectivity index (χ1v) is 8.93. The van der Waals surface area contributed by atoms with E-state index in [1.165, 1.54) is 77.9 Å². The van der Waals surface area contributed by atoms with Crippen LogP contribution in [0, 0.1) is 0 Å². The molecule has 0 unspecified atom stereocenters. The van der Waals surface area contributed by atoms with Gasteiger partial charge in [-0.3, -0.25) is 0 Å². The standard InChI is InChI=1S/C17H39N3/c1-5-9-10-11-13-18-14-17-20(8-4)16-12-15-19(6-2)7-3/h18H,5-17H2,1-4H3. The minimum Gasteiger partial charge on any atom is -0.315 e. The molecule has 0 bridgehead atoms. The summed E-state index contributed by atoms with van der Waals surface area (Å²) in [5.41, 5.74) is 0. The zero-order chi connectivity index (χ0) is 15.1. The molecule has 0 aromatic carbocycles. The summed E-state index contributed by atoms with van der Waals surface area (Å²) in [5, 5.41) is 3.58. The zero-order valence-electron chi connectivity index (χ0n) is 14.6. The molecule has 122 valence electrons. The fraction of sp³-hybridized carbons (Fsp3) is 1.00. The fourth-order valence-corrected chi connectivity index (χ4v) is 2.52. The SMILES string of the molecule is CCCCCCNCCN(CC)CCCN(CC)CC. The van der Waals surface area contributed by atoms with Crippen molar-refractivity contribution in [2.24, 2.45) is 0 Å². The van der Waals surface area contributed by atoms with Crippen LogP contribution < -0.4 is 5.32 Å². The minimum absolute atomic E-state index is 1.14. The largest absolute Gasteiger partial charge is 0.315 e. The second-order valence-electron chi connectivity index (χ2n) is 5.63. The van der Waals surface area contributed by atoms with Gasteiger partial charge >= 0.3 is 0 Å². The maximum Gasteiger partial charge on any atom is 0.0107 e. The van der Waals surface area contributed by atoms with Gasteiger partial charge < -0.3 is 15.1 Å². The molecule has 0 spiro atoms. The minimum atomic E-state index is 1.14. The molecule has 0 aliphatic heterocycles. The molecule has 3 nitrogen and oxygen atoms in total. The molecule has 0 aliphatic carbocycles. The van der Waals surface area contributed by atoms with E-state index in [1.807, 2.05) is 0 Å². The van der Waals surface area contributed by atoms with Crippen molar-refractivity contribution >= 4 is 0 Å². The van der Waals surface area contributed by atoms with E-state index in [4.69, 9.17) is 0 Å². The molecule has 1 N–H and O–H groups in total. The van der Waals surface area contributed by atoms with Crippen LogP contribution in [-0.2, 0) is 0 Å². The molecule has 0 fully saturated rings. The molecule has 0 heterocycles. The van der Waals surface area contributed by atoms with Crippen LogP contribution in [0.4, 0.5) is 0 Å². The van der Waals surface area contributed by atoms with E-state index in [9.17, 15) is 0 Å². The van der Waals surface area contributed by atoms with Crippen LogP contribution in [0.2, 0.25) is 0 Å². The Morgan fingerprint density at radius 1 is 0.600 bits per heavy atom. The molecule has 0 radical (unpaired) electrons. The predicted octanol–water partition coefficient (Wildman–Crippen LogP) is 3.21. The molecule has 0 saturated carbocycles. The van der Waals surface area contributed by atoms with E-state index in [0.717, 1.165) is 6.54 Å². The van der Waals surface area contributed by atoms with Crippen LogP contribution in [-0.4, -0.2) is 62.2 Å². The second-order valence-corrected chi connectivity index (χ2v) is 5.63. The quantitative estimate of drug-likeness (QED) is 0.466. The Bertz CT molecular complexity index is 181. The van der Waals surface area contributed by atoms with E-state index in [2.05, 4.69) is 42.8 Å². The summed E-state index contributed by atoms with van der Waals surface area (Å²) < 4.78 is 0. The summed E-state index contributed by atoms with van der Waals surface area (Å²) in [6.07, 6.45) is 6.73. The molecule has 0 amide bonds. The Kier molecular flexibility index (Phi) is 15.2. The van der Waals surface area contributed by atoms with Crippen molar-refractivity contribution in [1.82, 2.24) is 15.1 Å². The third-order valence-electron chi connectivity index (χ3n) is 4.10. The van der Waals surface area contributed by atoms with Gasteiger partial charge in [-0.25, -0.2) is 0 Å². The summed E-state index contributed by atoms with van der Waals surface area (Å²) in [6.45, 7) is 18.6. The van der Waals surface area contributed by atoms with Gasteiger partial charge in [0.15, 0.2) is 0 Å². The van der Waals surface area contributed by atoms with Crippen LogP contribution in [0.25, 0.3) is 0 Å². The van der Waals surface area contributed by atoms with Gasteiger partial charge in [0.1, 0.15) is 0 Å². The number of likely N-dealkylation sites (N-methyl/N-ethyl adjacent to an activating group) is 1. The van der Waals surface area contributed by atoms with Gasteiger partial charge in [0.05, 0.1) is 0 Å². The van der Waals surface area contributed by atoms with Crippen molar-refractivity contribution in [3.8, 4) is 0 Å². The first-order valence-electron chi connectivity index (χ1n) is 8.93. The van der Waals surface area contributed by atoms with Crippen LogP contribution in [0.3, 0.4) is 0 Å². The van der Waals surface area contributed by atoms with E-state index in [0.29, 0.717) is 0 Å². The second kappa shape index (κ2) is 15.3. The van der Waals surface area contributed by atoms with E-state index in [-0.39, 0.29) is 0 Å². The molecule has 0 aromatic rings. The maximum absolute atomic E-state index is 3.58. The summed E-state index contributed by atoms with van der Waals surface area (Å²) in [5.74, 6) is 0. The lowest BCUT2D eigenvalue weighted by molar-refractivity contribution is 0.243. The molecule has 3 heteroatoms. The van der Waals surface area contributed by atoms with Crippen molar-refractivity contribution in [3.05, 3.63) is 0 Å². The zero-order valence-corrected chi connectivity index (χ0v) is 14.6. The Morgan fingerprint density at radius 2 is 1.25 bits per heavy atom. The normalized spacial score (nSPS) is 11.7. The molecular formula is C17H39N3. The van der Waals surface area contributed by atoms with Gasteiger partial charge in [0, 0.05) is 13.1 Å². The first-order chi connectivity index (χ1) is 9.78. The van der Waals surface area contributed by atoms with Crippen LogP contribution in [0.1, 0.15) is 59.8 Å². The number of rotatable bonds is 15. The van der Waals surface area contributed by atoms with E-state index >= 15 is 0 Å².